The van der Waals surface area contributed by atoms with Crippen molar-refractivity contribution in [1.82, 2.24) is 19.9 Å². The van der Waals surface area contributed by atoms with Gasteiger partial charge in [0.15, 0.2) is 0 Å². The number of benzene rings is 3. The summed E-state index contributed by atoms with van der Waals surface area (Å²) in [4.78, 5) is 18.1. The fourth-order valence-electron chi connectivity index (χ4n) is 5.66. The Labute approximate surface area is 288 Å². The standard InChI is InChI=1S/C28H20N3O.C13H12N.Ir/c1-16-12-25-19(6-5-11-29-25)13-23(16)24-14-26(30-15-17(24)2)22-8-4-7-20-21-10-9-18(3)31-28(21)32-27(20)22;1-10-3-6-12(7-4-10)13-8-5-11(2)9-14-13;/h4-7,9-15H,1-3H3;3-6,8-9H,1-2H3;/q2*-1;. The minimum absolute atomic E-state index is 0. The number of pyridine rings is 4. The average Bonchev–Trinajstić information content (AvgIpc) is 3.44. The van der Waals surface area contributed by atoms with Gasteiger partial charge in [-0.15, -0.1) is 53.6 Å². The average molecular weight is 789 g/mol. The summed E-state index contributed by atoms with van der Waals surface area (Å²) in [7, 11) is 0. The normalized spacial score (nSPS) is 10.9. The SMILES string of the molecule is Cc1c[c-]c(-c2ccc(C)cn2)cc1.Cc1ccc2c(n1)oc1c(-c3cc(-c4cc5cccnc5cc4C)c(C)cn3)[c-]ccc12.[Ir]. The van der Waals surface area contributed by atoms with Crippen LogP contribution in [0.4, 0.5) is 0 Å². The van der Waals surface area contributed by atoms with Gasteiger partial charge in [-0.3, -0.25) is 4.98 Å². The Bertz CT molecular complexity index is 2320. The molecule has 0 N–H and O–H groups in total. The third-order valence-electron chi connectivity index (χ3n) is 8.19. The van der Waals surface area contributed by atoms with E-state index in [1.54, 1.807) is 0 Å². The van der Waals surface area contributed by atoms with Crippen LogP contribution in [-0.2, 0) is 20.1 Å². The van der Waals surface area contributed by atoms with E-state index >= 15 is 0 Å². The summed E-state index contributed by atoms with van der Waals surface area (Å²) in [6.07, 6.45) is 5.63. The molecule has 0 saturated heterocycles. The number of hydrogen-bond acceptors (Lipinski definition) is 5. The van der Waals surface area contributed by atoms with Crippen molar-refractivity contribution in [2.24, 2.45) is 0 Å². The predicted octanol–water partition coefficient (Wildman–Crippen LogP) is 10.1. The molecular formula is C41H32IrN4O-2. The van der Waals surface area contributed by atoms with Crippen molar-refractivity contribution < 1.29 is 24.5 Å². The third-order valence-corrected chi connectivity index (χ3v) is 8.19. The first kappa shape index (κ1) is 31.9. The molecule has 0 saturated carbocycles. The molecule has 5 aromatic heterocycles. The second kappa shape index (κ2) is 13.4. The zero-order valence-electron chi connectivity index (χ0n) is 26.8. The molecule has 3 aromatic carbocycles. The molecular weight excluding hydrogens is 757 g/mol. The molecule has 47 heavy (non-hydrogen) atoms. The molecule has 0 amide bonds. The number of fused-ring (bicyclic) bond motifs is 4. The van der Waals surface area contributed by atoms with Gasteiger partial charge in [-0.1, -0.05) is 42.1 Å². The first-order valence-electron chi connectivity index (χ1n) is 15.3. The molecule has 0 unspecified atom stereocenters. The summed E-state index contributed by atoms with van der Waals surface area (Å²) in [6, 6.07) is 35.3. The Hall–Kier alpha value is -5.03. The first-order valence-corrected chi connectivity index (χ1v) is 15.3. The van der Waals surface area contributed by atoms with Crippen LogP contribution in [0.2, 0.25) is 0 Å². The van der Waals surface area contributed by atoms with Gasteiger partial charge in [0, 0.05) is 55.2 Å². The Morgan fingerprint density at radius 1 is 0.660 bits per heavy atom. The monoisotopic (exact) mass is 789 g/mol. The number of furan rings is 1. The van der Waals surface area contributed by atoms with E-state index in [0.717, 1.165) is 66.6 Å². The van der Waals surface area contributed by atoms with Gasteiger partial charge in [0.05, 0.1) is 11.1 Å². The minimum atomic E-state index is 0. The van der Waals surface area contributed by atoms with E-state index in [1.165, 1.54) is 22.3 Å². The van der Waals surface area contributed by atoms with E-state index in [1.807, 2.05) is 74.9 Å². The fourth-order valence-corrected chi connectivity index (χ4v) is 5.66. The van der Waals surface area contributed by atoms with E-state index in [0.29, 0.717) is 5.71 Å². The van der Waals surface area contributed by atoms with Gasteiger partial charge in [-0.2, -0.15) is 0 Å². The molecule has 8 rings (SSSR count). The molecule has 0 aliphatic heterocycles. The van der Waals surface area contributed by atoms with Crippen LogP contribution >= 0.6 is 0 Å². The van der Waals surface area contributed by atoms with Crippen molar-refractivity contribution in [3.8, 4) is 33.6 Å². The van der Waals surface area contributed by atoms with Gasteiger partial charge in [-0.25, -0.2) is 4.98 Å². The van der Waals surface area contributed by atoms with Crippen molar-refractivity contribution >= 4 is 33.0 Å². The van der Waals surface area contributed by atoms with E-state index in [-0.39, 0.29) is 20.1 Å². The van der Waals surface area contributed by atoms with Gasteiger partial charge >= 0.3 is 0 Å². The number of nitrogens with zero attached hydrogens (tertiary/aromatic N) is 4. The Balaban J connectivity index is 0.000000217. The number of rotatable bonds is 3. The molecule has 6 heteroatoms. The Morgan fingerprint density at radius 2 is 1.47 bits per heavy atom. The molecule has 0 aliphatic carbocycles. The second-order valence-corrected chi connectivity index (χ2v) is 11.8. The Kier molecular flexibility index (Phi) is 9.08. The second-order valence-electron chi connectivity index (χ2n) is 11.8. The molecule has 1 radical (unpaired) electrons. The van der Waals surface area contributed by atoms with Crippen LogP contribution in [0.5, 0.6) is 0 Å². The van der Waals surface area contributed by atoms with Crippen LogP contribution in [0.15, 0.2) is 108 Å². The van der Waals surface area contributed by atoms with Gasteiger partial charge in [0.25, 0.3) is 0 Å². The fraction of sp³-hybridized carbons (Fsp3) is 0.122. The molecule has 8 aromatic rings. The quantitative estimate of drug-likeness (QED) is 0.167. The summed E-state index contributed by atoms with van der Waals surface area (Å²) in [5.74, 6) is 0. The van der Waals surface area contributed by atoms with E-state index in [9.17, 15) is 0 Å². The topological polar surface area (TPSA) is 64.7 Å². The maximum atomic E-state index is 6.19. The number of hydrogen-bond donors (Lipinski definition) is 0. The van der Waals surface area contributed by atoms with Crippen LogP contribution < -0.4 is 0 Å². The maximum Gasteiger partial charge on any atom is 0.216 e. The first-order chi connectivity index (χ1) is 22.3. The van der Waals surface area contributed by atoms with Gasteiger partial charge in [0.2, 0.25) is 5.71 Å². The van der Waals surface area contributed by atoms with Crippen molar-refractivity contribution in [2.75, 3.05) is 0 Å². The minimum Gasteiger partial charge on any atom is -0.486 e. The van der Waals surface area contributed by atoms with Crippen LogP contribution in [0.1, 0.15) is 27.9 Å². The number of aryl methyl sites for hydroxylation is 5. The van der Waals surface area contributed by atoms with Crippen molar-refractivity contribution in [3.63, 3.8) is 0 Å². The molecule has 5 nitrogen and oxygen atoms in total. The molecule has 0 atom stereocenters. The van der Waals surface area contributed by atoms with E-state index in [4.69, 9.17) is 9.40 Å². The summed E-state index contributed by atoms with van der Waals surface area (Å²) in [5, 5.41) is 3.16. The van der Waals surface area contributed by atoms with Crippen LogP contribution in [-0.4, -0.2) is 19.9 Å². The molecule has 0 spiro atoms. The molecule has 233 valence electrons. The molecule has 0 fully saturated rings. The summed E-state index contributed by atoms with van der Waals surface area (Å²) < 4.78 is 6.19. The van der Waals surface area contributed by atoms with E-state index < -0.39 is 0 Å². The Morgan fingerprint density at radius 3 is 2.26 bits per heavy atom. The molecule has 0 aliphatic rings. The number of aromatic nitrogens is 4. The van der Waals surface area contributed by atoms with Crippen molar-refractivity contribution in [3.05, 3.63) is 144 Å². The van der Waals surface area contributed by atoms with Gasteiger partial charge in [0.1, 0.15) is 0 Å². The van der Waals surface area contributed by atoms with Crippen LogP contribution in [0, 0.1) is 46.8 Å². The van der Waals surface area contributed by atoms with Crippen LogP contribution in [0.3, 0.4) is 0 Å². The van der Waals surface area contributed by atoms with Gasteiger partial charge in [-0.05, 0) is 97.2 Å². The summed E-state index contributed by atoms with van der Waals surface area (Å²) in [5.41, 5.74) is 14.1. The molecule has 0 bridgehead atoms. The zero-order valence-corrected chi connectivity index (χ0v) is 29.2. The molecule has 5 heterocycles. The van der Waals surface area contributed by atoms with Crippen molar-refractivity contribution in [1.29, 1.82) is 0 Å². The summed E-state index contributed by atoms with van der Waals surface area (Å²) >= 11 is 0. The van der Waals surface area contributed by atoms with Crippen molar-refractivity contribution in [2.45, 2.75) is 34.6 Å². The largest absolute Gasteiger partial charge is 0.486 e. The summed E-state index contributed by atoms with van der Waals surface area (Å²) in [6.45, 7) is 10.3. The maximum absolute atomic E-state index is 6.19. The van der Waals surface area contributed by atoms with Crippen LogP contribution in [0.25, 0.3) is 66.6 Å². The third kappa shape index (κ3) is 6.48. The zero-order chi connectivity index (χ0) is 31.8. The van der Waals surface area contributed by atoms with Gasteiger partial charge < -0.3 is 14.4 Å². The van der Waals surface area contributed by atoms with E-state index in [2.05, 4.69) is 90.3 Å². The predicted molar refractivity (Wildman–Crippen MR) is 187 cm³/mol. The smallest absolute Gasteiger partial charge is 0.216 e.